The zero-order chi connectivity index (χ0) is 21.3. The van der Waals surface area contributed by atoms with Crippen molar-refractivity contribution in [2.24, 2.45) is 0 Å². The van der Waals surface area contributed by atoms with E-state index in [4.69, 9.17) is 4.74 Å². The third-order valence-corrected chi connectivity index (χ3v) is 7.61. The molecule has 1 fully saturated rings. The van der Waals surface area contributed by atoms with Gasteiger partial charge in [0.25, 0.3) is 15.9 Å². The second-order valence-corrected chi connectivity index (χ2v) is 10.1. The van der Waals surface area contributed by atoms with Gasteiger partial charge in [-0.05, 0) is 80.1 Å². The summed E-state index contributed by atoms with van der Waals surface area (Å²) in [6, 6.07) is 12.0. The zero-order valence-corrected chi connectivity index (χ0v) is 18.6. The SMILES string of the molecule is CCOc1ccc(S(=O)(=O)Nc2ccc3sc(C(=O)N4CCCC4)cc3c2)cc1C. The van der Waals surface area contributed by atoms with Crippen molar-refractivity contribution in [2.75, 3.05) is 24.4 Å². The Morgan fingerprint density at radius 3 is 2.60 bits per heavy atom. The largest absolute Gasteiger partial charge is 0.494 e. The van der Waals surface area contributed by atoms with Crippen molar-refractivity contribution in [3.8, 4) is 5.75 Å². The minimum atomic E-state index is -3.74. The van der Waals surface area contributed by atoms with Gasteiger partial charge in [0, 0.05) is 23.5 Å². The van der Waals surface area contributed by atoms with E-state index < -0.39 is 10.0 Å². The molecule has 0 aliphatic carbocycles. The Bertz CT molecular complexity index is 1200. The van der Waals surface area contributed by atoms with Crippen molar-refractivity contribution < 1.29 is 17.9 Å². The van der Waals surface area contributed by atoms with Crippen molar-refractivity contribution in [1.29, 1.82) is 0 Å². The summed E-state index contributed by atoms with van der Waals surface area (Å²) in [5, 5.41) is 0.852. The summed E-state index contributed by atoms with van der Waals surface area (Å²) in [5.74, 6) is 0.729. The number of nitrogens with zero attached hydrogens (tertiary/aromatic N) is 1. The number of aryl methyl sites for hydroxylation is 1. The van der Waals surface area contributed by atoms with Gasteiger partial charge in [-0.25, -0.2) is 8.42 Å². The van der Waals surface area contributed by atoms with E-state index in [-0.39, 0.29) is 10.8 Å². The molecule has 0 radical (unpaired) electrons. The van der Waals surface area contributed by atoms with Crippen LogP contribution >= 0.6 is 11.3 Å². The Balaban J connectivity index is 1.57. The Kier molecular flexibility index (Phi) is 5.71. The average Bonchev–Trinajstić information content (AvgIpc) is 3.38. The van der Waals surface area contributed by atoms with E-state index in [0.29, 0.717) is 22.9 Å². The molecule has 0 unspecified atom stereocenters. The molecule has 6 nitrogen and oxygen atoms in total. The van der Waals surface area contributed by atoms with Crippen LogP contribution in [0, 0.1) is 6.92 Å². The number of likely N-dealkylation sites (tertiary alicyclic amines) is 1. The number of fused-ring (bicyclic) bond motifs is 1. The van der Waals surface area contributed by atoms with Crippen LogP contribution in [0.4, 0.5) is 5.69 Å². The van der Waals surface area contributed by atoms with Crippen molar-refractivity contribution in [3.05, 3.63) is 52.9 Å². The highest BCUT2D eigenvalue weighted by atomic mass is 32.2. The molecule has 1 N–H and O–H groups in total. The van der Waals surface area contributed by atoms with Crippen molar-refractivity contribution >= 4 is 43.0 Å². The average molecular weight is 445 g/mol. The molecular weight excluding hydrogens is 420 g/mol. The molecule has 1 aliphatic heterocycles. The standard InChI is InChI=1S/C22H24N2O4S2/c1-3-28-19-8-7-18(12-15(19)2)30(26,27)23-17-6-9-20-16(13-17)14-21(29-20)22(25)24-10-4-5-11-24/h6-9,12-14,23H,3-5,10-11H2,1-2H3. The lowest BCUT2D eigenvalue weighted by Gasteiger charge is -2.13. The van der Waals surface area contributed by atoms with Crippen LogP contribution in [-0.2, 0) is 10.0 Å². The number of ether oxygens (including phenoxy) is 1. The van der Waals surface area contributed by atoms with Crippen molar-refractivity contribution in [1.82, 2.24) is 4.90 Å². The number of sulfonamides is 1. The van der Waals surface area contributed by atoms with Gasteiger partial charge in [0.05, 0.1) is 16.4 Å². The Morgan fingerprint density at radius 2 is 1.90 bits per heavy atom. The molecule has 1 aliphatic rings. The summed E-state index contributed by atoms with van der Waals surface area (Å²) in [7, 11) is -3.74. The van der Waals surface area contributed by atoms with Gasteiger partial charge in [-0.3, -0.25) is 9.52 Å². The summed E-state index contributed by atoms with van der Waals surface area (Å²) >= 11 is 1.44. The molecule has 158 valence electrons. The molecule has 1 amide bonds. The predicted octanol–water partition coefficient (Wildman–Crippen LogP) is 4.65. The number of anilines is 1. The fraction of sp³-hybridized carbons (Fsp3) is 0.318. The fourth-order valence-corrected chi connectivity index (χ4v) is 5.75. The molecule has 1 saturated heterocycles. The number of carbonyl (C=O) groups excluding carboxylic acids is 1. The predicted molar refractivity (Wildman–Crippen MR) is 120 cm³/mol. The number of nitrogens with one attached hydrogen (secondary N) is 1. The first-order valence-corrected chi connectivity index (χ1v) is 12.3. The van der Waals surface area contributed by atoms with Crippen LogP contribution in [0.25, 0.3) is 10.1 Å². The first-order valence-electron chi connectivity index (χ1n) is 9.96. The van der Waals surface area contributed by atoms with E-state index in [1.54, 1.807) is 24.3 Å². The third-order valence-electron chi connectivity index (χ3n) is 5.13. The molecule has 0 bridgehead atoms. The first-order chi connectivity index (χ1) is 14.4. The van der Waals surface area contributed by atoms with Gasteiger partial charge in [0.15, 0.2) is 0 Å². The smallest absolute Gasteiger partial charge is 0.263 e. The molecule has 3 aromatic rings. The topological polar surface area (TPSA) is 75.7 Å². The van der Waals surface area contributed by atoms with E-state index in [1.165, 1.54) is 17.4 Å². The zero-order valence-electron chi connectivity index (χ0n) is 17.0. The maximum Gasteiger partial charge on any atom is 0.263 e. The Labute approximate surface area is 180 Å². The maximum atomic E-state index is 12.8. The quantitative estimate of drug-likeness (QED) is 0.601. The molecule has 8 heteroatoms. The van der Waals surface area contributed by atoms with Crippen molar-refractivity contribution in [3.63, 3.8) is 0 Å². The highest BCUT2D eigenvalue weighted by Gasteiger charge is 2.22. The number of hydrogen-bond donors (Lipinski definition) is 1. The van der Waals surface area contributed by atoms with Gasteiger partial charge in [0.1, 0.15) is 5.75 Å². The second-order valence-electron chi connectivity index (χ2n) is 7.33. The summed E-state index contributed by atoms with van der Waals surface area (Å²) in [6.07, 6.45) is 2.10. The number of rotatable bonds is 6. The monoisotopic (exact) mass is 444 g/mol. The van der Waals surface area contributed by atoms with Crippen LogP contribution < -0.4 is 9.46 Å². The van der Waals surface area contributed by atoms with Gasteiger partial charge >= 0.3 is 0 Å². The summed E-state index contributed by atoms with van der Waals surface area (Å²) in [5.41, 5.74) is 1.23. The van der Waals surface area contributed by atoms with E-state index in [9.17, 15) is 13.2 Å². The van der Waals surface area contributed by atoms with Crippen LogP contribution in [0.3, 0.4) is 0 Å². The minimum absolute atomic E-state index is 0.0562. The van der Waals surface area contributed by atoms with Gasteiger partial charge < -0.3 is 9.64 Å². The fourth-order valence-electron chi connectivity index (χ4n) is 3.61. The summed E-state index contributed by atoms with van der Waals surface area (Å²) < 4.78 is 34.8. The molecule has 1 aromatic heterocycles. The molecule has 2 heterocycles. The summed E-state index contributed by atoms with van der Waals surface area (Å²) in [6.45, 7) is 5.84. The summed E-state index contributed by atoms with van der Waals surface area (Å²) in [4.78, 5) is 15.4. The van der Waals surface area contributed by atoms with Crippen LogP contribution in [0.15, 0.2) is 47.4 Å². The third kappa shape index (κ3) is 4.15. The van der Waals surface area contributed by atoms with Gasteiger partial charge in [-0.1, -0.05) is 0 Å². The van der Waals surface area contributed by atoms with E-state index >= 15 is 0 Å². The molecular formula is C22H24N2O4S2. The van der Waals surface area contributed by atoms with Gasteiger partial charge in [-0.15, -0.1) is 11.3 Å². The van der Waals surface area contributed by atoms with E-state index in [1.807, 2.05) is 30.9 Å². The van der Waals surface area contributed by atoms with Crippen LogP contribution in [0.2, 0.25) is 0 Å². The number of thiophene rings is 1. The molecule has 2 aromatic carbocycles. The van der Waals surface area contributed by atoms with Crippen LogP contribution in [0.5, 0.6) is 5.75 Å². The van der Waals surface area contributed by atoms with E-state index in [0.717, 1.165) is 41.6 Å². The molecule has 0 saturated carbocycles. The Morgan fingerprint density at radius 1 is 1.13 bits per heavy atom. The van der Waals surface area contributed by atoms with Gasteiger partial charge in [0.2, 0.25) is 0 Å². The molecule has 0 atom stereocenters. The van der Waals surface area contributed by atoms with Gasteiger partial charge in [-0.2, -0.15) is 0 Å². The number of benzene rings is 2. The number of amides is 1. The number of hydrogen-bond acceptors (Lipinski definition) is 5. The highest BCUT2D eigenvalue weighted by molar-refractivity contribution is 7.92. The Hall–Kier alpha value is -2.58. The highest BCUT2D eigenvalue weighted by Crippen LogP contribution is 2.31. The van der Waals surface area contributed by atoms with Crippen LogP contribution in [-0.4, -0.2) is 38.9 Å². The normalized spacial score (nSPS) is 14.3. The van der Waals surface area contributed by atoms with Crippen LogP contribution in [0.1, 0.15) is 35.0 Å². The lowest BCUT2D eigenvalue weighted by Crippen LogP contribution is -2.26. The first kappa shape index (κ1) is 20.7. The lowest BCUT2D eigenvalue weighted by molar-refractivity contribution is 0.0797. The molecule has 4 rings (SSSR count). The molecule has 0 spiro atoms. The number of carbonyl (C=O) groups is 1. The minimum Gasteiger partial charge on any atom is -0.494 e. The van der Waals surface area contributed by atoms with Crippen molar-refractivity contribution in [2.45, 2.75) is 31.6 Å². The lowest BCUT2D eigenvalue weighted by atomic mass is 10.2. The maximum absolute atomic E-state index is 12.8. The molecule has 30 heavy (non-hydrogen) atoms. The second kappa shape index (κ2) is 8.28. The van der Waals surface area contributed by atoms with E-state index in [2.05, 4.69) is 4.72 Å².